The molecule has 0 spiro atoms. The van der Waals surface area contributed by atoms with E-state index in [9.17, 15) is 0 Å². The maximum atomic E-state index is 9.11. The van der Waals surface area contributed by atoms with E-state index in [1.807, 2.05) is 0 Å². The SMILES string of the molecule is NC(N)=NC(N)=Nc1cccc(O)c1.[Cl-]. The molecule has 1 aromatic rings. The predicted octanol–water partition coefficient (Wildman–Crippen LogP) is -3.38. The molecule has 1 rings (SSSR count). The number of nitrogens with zero attached hydrogens (tertiary/aromatic N) is 2. The summed E-state index contributed by atoms with van der Waals surface area (Å²) in [4.78, 5) is 7.37. The Balaban J connectivity index is 0.00000196. The number of rotatable bonds is 1. The van der Waals surface area contributed by atoms with Gasteiger partial charge in [0.2, 0.25) is 5.96 Å². The summed E-state index contributed by atoms with van der Waals surface area (Å²) in [7, 11) is 0. The van der Waals surface area contributed by atoms with Gasteiger partial charge in [-0.05, 0) is 12.1 Å². The lowest BCUT2D eigenvalue weighted by atomic mass is 10.3. The van der Waals surface area contributed by atoms with Crippen LogP contribution in [0.5, 0.6) is 5.75 Å². The Morgan fingerprint density at radius 3 is 2.40 bits per heavy atom. The minimum atomic E-state index is -0.161. The van der Waals surface area contributed by atoms with E-state index in [1.54, 1.807) is 12.1 Å². The molecule has 0 radical (unpaired) electrons. The zero-order valence-electron chi connectivity index (χ0n) is 7.76. The van der Waals surface area contributed by atoms with Crippen molar-refractivity contribution in [1.29, 1.82) is 0 Å². The molecule has 1 aromatic carbocycles. The summed E-state index contributed by atoms with van der Waals surface area (Å²) < 4.78 is 0. The number of aliphatic imine (C=N–C) groups is 2. The second kappa shape index (κ2) is 5.71. The molecule has 0 unspecified atom stereocenters. The lowest BCUT2D eigenvalue weighted by molar-refractivity contribution is -0.00000455. The van der Waals surface area contributed by atoms with E-state index in [1.165, 1.54) is 12.1 Å². The summed E-state index contributed by atoms with van der Waals surface area (Å²) in [6, 6.07) is 6.26. The first-order valence-corrected chi connectivity index (χ1v) is 3.81. The summed E-state index contributed by atoms with van der Waals surface area (Å²) in [5, 5.41) is 9.11. The van der Waals surface area contributed by atoms with Gasteiger partial charge < -0.3 is 34.7 Å². The number of phenols is 1. The van der Waals surface area contributed by atoms with Crippen molar-refractivity contribution in [3.63, 3.8) is 0 Å². The molecule has 82 valence electrons. The van der Waals surface area contributed by atoms with E-state index in [4.69, 9.17) is 22.3 Å². The fourth-order valence-electron chi connectivity index (χ4n) is 0.852. The Kier molecular flexibility index (Phi) is 4.97. The lowest BCUT2D eigenvalue weighted by Gasteiger charge is -1.96. The maximum absolute atomic E-state index is 9.11. The van der Waals surface area contributed by atoms with Crippen molar-refractivity contribution >= 4 is 17.6 Å². The van der Waals surface area contributed by atoms with E-state index >= 15 is 0 Å². The molecular formula is C8H11ClN5O-. The van der Waals surface area contributed by atoms with Crippen LogP contribution in [0, 0.1) is 0 Å². The standard InChI is InChI=1S/C8H11N5O.ClH/c9-7(10)13-8(11)12-5-2-1-3-6(14)4-5;/h1-4,14H,(H6,9,10,11,12,13);1H/p-1. The lowest BCUT2D eigenvalue weighted by Crippen LogP contribution is -3.00. The number of nitrogens with two attached hydrogens (primary N) is 3. The van der Waals surface area contributed by atoms with Gasteiger partial charge in [0.05, 0.1) is 5.69 Å². The number of benzene rings is 1. The number of hydrogen-bond acceptors (Lipinski definition) is 2. The second-order valence-electron chi connectivity index (χ2n) is 2.53. The minimum absolute atomic E-state index is 0. The van der Waals surface area contributed by atoms with Gasteiger partial charge in [-0.15, -0.1) is 0 Å². The van der Waals surface area contributed by atoms with E-state index in [0.717, 1.165) is 0 Å². The average molecular weight is 229 g/mol. The van der Waals surface area contributed by atoms with Crippen molar-refractivity contribution < 1.29 is 17.5 Å². The first kappa shape index (κ1) is 13.1. The molecule has 0 aliphatic carbocycles. The monoisotopic (exact) mass is 228 g/mol. The van der Waals surface area contributed by atoms with Crippen molar-refractivity contribution in [2.45, 2.75) is 0 Å². The van der Waals surface area contributed by atoms with E-state index in [2.05, 4.69) is 9.98 Å². The van der Waals surface area contributed by atoms with Gasteiger partial charge in [0, 0.05) is 6.07 Å². The molecular weight excluding hydrogens is 218 g/mol. The van der Waals surface area contributed by atoms with Crippen LogP contribution in [0.15, 0.2) is 34.3 Å². The largest absolute Gasteiger partial charge is 1.00 e. The number of phenolic OH excluding ortho intramolecular Hbond substituents is 1. The average Bonchev–Trinajstić information content (AvgIpc) is 2.01. The zero-order chi connectivity index (χ0) is 10.6. The van der Waals surface area contributed by atoms with Crippen molar-refractivity contribution in [1.82, 2.24) is 0 Å². The normalized spacial score (nSPS) is 10.3. The molecule has 7 N–H and O–H groups in total. The number of hydrogen-bond donors (Lipinski definition) is 4. The first-order valence-electron chi connectivity index (χ1n) is 3.81. The third-order valence-corrected chi connectivity index (χ3v) is 1.32. The molecule has 0 amide bonds. The van der Waals surface area contributed by atoms with Crippen LogP contribution >= 0.6 is 0 Å². The van der Waals surface area contributed by atoms with Crippen LogP contribution in [-0.4, -0.2) is 17.0 Å². The number of halogens is 1. The van der Waals surface area contributed by atoms with Crippen LogP contribution in [0.1, 0.15) is 0 Å². The maximum Gasteiger partial charge on any atom is 0.223 e. The summed E-state index contributed by atoms with van der Waals surface area (Å²) >= 11 is 0. The highest BCUT2D eigenvalue weighted by Crippen LogP contribution is 2.17. The molecule has 0 aromatic heterocycles. The third-order valence-electron chi connectivity index (χ3n) is 1.32. The zero-order valence-corrected chi connectivity index (χ0v) is 8.52. The fourth-order valence-corrected chi connectivity index (χ4v) is 0.852. The van der Waals surface area contributed by atoms with Crippen LogP contribution < -0.4 is 29.6 Å². The predicted molar refractivity (Wildman–Crippen MR) is 55.2 cm³/mol. The van der Waals surface area contributed by atoms with Crippen LogP contribution in [0.2, 0.25) is 0 Å². The van der Waals surface area contributed by atoms with Crippen molar-refractivity contribution in [3.05, 3.63) is 24.3 Å². The Bertz CT molecular complexity index is 386. The Morgan fingerprint density at radius 1 is 1.20 bits per heavy atom. The van der Waals surface area contributed by atoms with Crippen LogP contribution in [-0.2, 0) is 0 Å². The van der Waals surface area contributed by atoms with Gasteiger partial charge in [-0.2, -0.15) is 4.99 Å². The molecule has 0 fully saturated rings. The molecule has 0 aliphatic rings. The van der Waals surface area contributed by atoms with Gasteiger partial charge in [0.25, 0.3) is 0 Å². The molecule has 0 bridgehead atoms. The topological polar surface area (TPSA) is 123 Å². The van der Waals surface area contributed by atoms with Crippen LogP contribution in [0.25, 0.3) is 0 Å². The van der Waals surface area contributed by atoms with E-state index < -0.39 is 0 Å². The molecule has 0 saturated heterocycles. The molecule has 0 saturated carbocycles. The number of guanidine groups is 2. The summed E-state index contributed by atoms with van der Waals surface area (Å²) in [6.45, 7) is 0. The van der Waals surface area contributed by atoms with Crippen LogP contribution in [0.4, 0.5) is 5.69 Å². The molecule has 0 atom stereocenters. The Hall–Kier alpha value is -1.95. The van der Waals surface area contributed by atoms with Crippen LogP contribution in [0.3, 0.4) is 0 Å². The van der Waals surface area contributed by atoms with E-state index in [0.29, 0.717) is 5.69 Å². The first-order chi connectivity index (χ1) is 6.58. The molecule has 0 aliphatic heterocycles. The molecule has 0 heterocycles. The van der Waals surface area contributed by atoms with Crippen molar-refractivity contribution in [2.75, 3.05) is 0 Å². The van der Waals surface area contributed by atoms with Crippen molar-refractivity contribution in [2.24, 2.45) is 27.2 Å². The highest BCUT2D eigenvalue weighted by Gasteiger charge is 1.93. The summed E-state index contributed by atoms with van der Waals surface area (Å²) in [5.41, 5.74) is 16.0. The fraction of sp³-hybridized carbons (Fsp3) is 0. The summed E-state index contributed by atoms with van der Waals surface area (Å²) in [6.07, 6.45) is 0. The van der Waals surface area contributed by atoms with Gasteiger partial charge in [0.1, 0.15) is 5.75 Å². The van der Waals surface area contributed by atoms with Gasteiger partial charge in [-0.25, -0.2) is 4.99 Å². The highest BCUT2D eigenvalue weighted by atomic mass is 35.5. The quantitative estimate of drug-likeness (QED) is 0.296. The van der Waals surface area contributed by atoms with Gasteiger partial charge in [-0.3, -0.25) is 0 Å². The van der Waals surface area contributed by atoms with Gasteiger partial charge in [-0.1, -0.05) is 6.07 Å². The summed E-state index contributed by atoms with van der Waals surface area (Å²) in [5.74, 6) is -0.120. The second-order valence-corrected chi connectivity index (χ2v) is 2.53. The smallest absolute Gasteiger partial charge is 0.223 e. The Morgan fingerprint density at radius 2 is 1.87 bits per heavy atom. The number of aromatic hydroxyl groups is 1. The third kappa shape index (κ3) is 4.72. The highest BCUT2D eigenvalue weighted by molar-refractivity contribution is 5.93. The van der Waals surface area contributed by atoms with E-state index in [-0.39, 0.29) is 30.1 Å². The molecule has 15 heavy (non-hydrogen) atoms. The molecule has 6 nitrogen and oxygen atoms in total. The van der Waals surface area contributed by atoms with Gasteiger partial charge >= 0.3 is 0 Å². The minimum Gasteiger partial charge on any atom is -1.00 e. The Labute approximate surface area is 92.9 Å². The van der Waals surface area contributed by atoms with Crippen molar-refractivity contribution in [3.8, 4) is 5.75 Å². The van der Waals surface area contributed by atoms with Gasteiger partial charge in [0.15, 0.2) is 5.96 Å². The molecule has 7 heteroatoms.